The minimum atomic E-state index is -0.264. The zero-order chi connectivity index (χ0) is 21.8. The van der Waals surface area contributed by atoms with Crippen molar-refractivity contribution in [2.24, 2.45) is 0 Å². The van der Waals surface area contributed by atoms with Crippen LogP contribution in [0.5, 0.6) is 5.88 Å². The van der Waals surface area contributed by atoms with E-state index in [4.69, 9.17) is 9.47 Å². The van der Waals surface area contributed by atoms with Crippen molar-refractivity contribution >= 4 is 16.8 Å². The lowest BCUT2D eigenvalue weighted by Gasteiger charge is -2.27. The third-order valence-corrected chi connectivity index (χ3v) is 6.97. The summed E-state index contributed by atoms with van der Waals surface area (Å²) in [6.45, 7) is 3.73. The molecule has 1 aliphatic carbocycles. The molecule has 1 amide bonds. The number of likely N-dealkylation sites (tertiary alicyclic amines) is 1. The normalized spacial score (nSPS) is 22.0. The van der Waals surface area contributed by atoms with Gasteiger partial charge in [-0.2, -0.15) is 0 Å². The van der Waals surface area contributed by atoms with Gasteiger partial charge in [0.2, 0.25) is 11.3 Å². The standard InChI is InChI=1S/C25H25N3O4/c1-2-27-13-21(25(30)28-12-19-9-17(28)14-31-19)24(29)20-10-23(26-11-22(20)27)32-18-7-15-5-3-4-6-16(15)8-18/h3-6,10-11,13,17-19H,2,7-9,12,14H2,1H3/t17-,19-/m0/s1. The summed E-state index contributed by atoms with van der Waals surface area (Å²) in [5.74, 6) is 0.216. The average Bonchev–Trinajstić information content (AvgIpc) is 3.54. The van der Waals surface area contributed by atoms with Crippen LogP contribution in [-0.4, -0.2) is 51.8 Å². The van der Waals surface area contributed by atoms with Gasteiger partial charge in [-0.15, -0.1) is 0 Å². The van der Waals surface area contributed by atoms with Crippen LogP contribution in [0, 0.1) is 0 Å². The Balaban J connectivity index is 1.34. The van der Waals surface area contributed by atoms with E-state index in [9.17, 15) is 9.59 Å². The second-order valence-electron chi connectivity index (χ2n) is 8.92. The predicted octanol–water partition coefficient (Wildman–Crippen LogP) is 2.58. The maximum atomic E-state index is 13.4. The van der Waals surface area contributed by atoms with Gasteiger partial charge in [0.15, 0.2) is 0 Å². The number of morpholine rings is 1. The van der Waals surface area contributed by atoms with E-state index >= 15 is 0 Å². The van der Waals surface area contributed by atoms with Crippen LogP contribution < -0.4 is 10.2 Å². The number of amides is 1. The van der Waals surface area contributed by atoms with E-state index in [1.165, 1.54) is 11.1 Å². The van der Waals surface area contributed by atoms with Gasteiger partial charge in [-0.1, -0.05) is 24.3 Å². The Bertz CT molecular complexity index is 1260. The van der Waals surface area contributed by atoms with Gasteiger partial charge in [-0.3, -0.25) is 9.59 Å². The Morgan fingerprint density at radius 2 is 2.03 bits per heavy atom. The quantitative estimate of drug-likeness (QED) is 0.635. The van der Waals surface area contributed by atoms with E-state index in [0.717, 1.165) is 19.3 Å². The molecule has 4 heterocycles. The summed E-state index contributed by atoms with van der Waals surface area (Å²) < 4.78 is 13.7. The van der Waals surface area contributed by atoms with Gasteiger partial charge in [0, 0.05) is 38.2 Å². The largest absolute Gasteiger partial charge is 0.474 e. The van der Waals surface area contributed by atoms with Crippen LogP contribution >= 0.6 is 0 Å². The van der Waals surface area contributed by atoms with Crippen LogP contribution in [0.4, 0.5) is 0 Å². The van der Waals surface area contributed by atoms with Crippen molar-refractivity contribution < 1.29 is 14.3 Å². The molecule has 2 bridgehead atoms. The molecule has 7 heteroatoms. The van der Waals surface area contributed by atoms with Crippen LogP contribution in [-0.2, 0) is 24.1 Å². The number of ether oxygens (including phenoxy) is 2. The van der Waals surface area contributed by atoms with Gasteiger partial charge in [0.25, 0.3) is 5.91 Å². The zero-order valence-electron chi connectivity index (χ0n) is 18.0. The summed E-state index contributed by atoms with van der Waals surface area (Å²) in [6, 6.07) is 10.1. The molecule has 164 valence electrons. The Labute approximate surface area is 185 Å². The number of fused-ring (bicyclic) bond motifs is 4. The first-order valence-electron chi connectivity index (χ1n) is 11.3. The number of benzene rings is 1. The van der Waals surface area contributed by atoms with Crippen molar-refractivity contribution in [2.45, 2.75) is 51.0 Å². The Kier molecular flexibility index (Phi) is 4.54. The number of carbonyl (C=O) groups excluding carboxylic acids is 1. The molecule has 0 radical (unpaired) electrons. The maximum Gasteiger partial charge on any atom is 0.259 e. The molecule has 0 N–H and O–H groups in total. The van der Waals surface area contributed by atoms with Gasteiger partial charge in [0.1, 0.15) is 11.7 Å². The Morgan fingerprint density at radius 3 is 2.69 bits per heavy atom. The second kappa shape index (κ2) is 7.45. The summed E-state index contributed by atoms with van der Waals surface area (Å²) in [5, 5.41) is 0.471. The lowest BCUT2D eigenvalue weighted by molar-refractivity contribution is 0.0258. The van der Waals surface area contributed by atoms with Crippen molar-refractivity contribution in [3.8, 4) is 5.88 Å². The van der Waals surface area contributed by atoms with Gasteiger partial charge in [-0.05, 0) is 24.5 Å². The molecule has 3 aliphatic rings. The minimum absolute atomic E-state index is 0.00397. The van der Waals surface area contributed by atoms with Crippen molar-refractivity contribution in [3.63, 3.8) is 0 Å². The third kappa shape index (κ3) is 3.11. The molecule has 2 aromatic heterocycles. The molecule has 2 fully saturated rings. The lowest BCUT2D eigenvalue weighted by Crippen LogP contribution is -2.43. The zero-order valence-corrected chi connectivity index (χ0v) is 18.0. The smallest absolute Gasteiger partial charge is 0.259 e. The van der Waals surface area contributed by atoms with E-state index in [2.05, 4.69) is 17.1 Å². The highest BCUT2D eigenvalue weighted by atomic mass is 16.5. The number of hydrogen-bond acceptors (Lipinski definition) is 5. The van der Waals surface area contributed by atoms with Crippen molar-refractivity contribution in [3.05, 3.63) is 69.6 Å². The van der Waals surface area contributed by atoms with Crippen molar-refractivity contribution in [2.75, 3.05) is 13.2 Å². The number of rotatable bonds is 4. The molecule has 0 unspecified atom stereocenters. The molecule has 7 nitrogen and oxygen atoms in total. The second-order valence-corrected chi connectivity index (χ2v) is 8.92. The van der Waals surface area contributed by atoms with E-state index in [1.807, 2.05) is 23.6 Å². The molecule has 2 atom stereocenters. The number of aryl methyl sites for hydroxylation is 1. The van der Waals surface area contributed by atoms with Crippen LogP contribution in [0.1, 0.15) is 34.8 Å². The SMILES string of the molecule is CCn1cc(C(=O)N2C[C@@H]3C[C@H]2CO3)c(=O)c2cc(OC3Cc4ccccc4C3)ncc21. The molecular weight excluding hydrogens is 406 g/mol. The van der Waals surface area contributed by atoms with E-state index in [1.54, 1.807) is 23.4 Å². The predicted molar refractivity (Wildman–Crippen MR) is 119 cm³/mol. The summed E-state index contributed by atoms with van der Waals surface area (Å²) >= 11 is 0. The summed E-state index contributed by atoms with van der Waals surface area (Å²) in [6.07, 6.45) is 5.95. The highest BCUT2D eigenvalue weighted by Gasteiger charge is 2.42. The first kappa shape index (κ1) is 19.5. The molecular formula is C25H25N3O4. The number of nitrogens with zero attached hydrogens (tertiary/aromatic N) is 3. The summed E-state index contributed by atoms with van der Waals surface area (Å²) in [7, 11) is 0. The van der Waals surface area contributed by atoms with Crippen LogP contribution in [0.2, 0.25) is 0 Å². The molecule has 1 aromatic carbocycles. The van der Waals surface area contributed by atoms with Crippen molar-refractivity contribution in [1.82, 2.24) is 14.5 Å². The summed E-state index contributed by atoms with van der Waals surface area (Å²) in [5.41, 5.74) is 3.24. The van der Waals surface area contributed by atoms with E-state index in [0.29, 0.717) is 36.5 Å². The van der Waals surface area contributed by atoms with Gasteiger partial charge >= 0.3 is 0 Å². The first-order valence-corrected chi connectivity index (χ1v) is 11.3. The van der Waals surface area contributed by atoms with Crippen LogP contribution in [0.15, 0.2) is 47.5 Å². The lowest BCUT2D eigenvalue weighted by atomic mass is 10.1. The van der Waals surface area contributed by atoms with Crippen LogP contribution in [0.3, 0.4) is 0 Å². The fraction of sp³-hybridized carbons (Fsp3) is 0.400. The molecule has 0 saturated carbocycles. The number of aromatic nitrogens is 2. The molecule has 0 spiro atoms. The van der Waals surface area contributed by atoms with Gasteiger partial charge in [0.05, 0.1) is 35.9 Å². The highest BCUT2D eigenvalue weighted by Crippen LogP contribution is 2.29. The van der Waals surface area contributed by atoms with E-state index < -0.39 is 0 Å². The monoisotopic (exact) mass is 431 g/mol. The van der Waals surface area contributed by atoms with Crippen molar-refractivity contribution in [1.29, 1.82) is 0 Å². The fourth-order valence-electron chi connectivity index (χ4n) is 5.32. The minimum Gasteiger partial charge on any atom is -0.474 e. The Hall–Kier alpha value is -3.19. The molecule has 6 rings (SSSR count). The van der Waals surface area contributed by atoms with Gasteiger partial charge < -0.3 is 18.9 Å². The van der Waals surface area contributed by atoms with Gasteiger partial charge in [-0.25, -0.2) is 4.98 Å². The highest BCUT2D eigenvalue weighted by molar-refractivity contribution is 5.97. The molecule has 3 aromatic rings. The number of hydrogen-bond donors (Lipinski definition) is 0. The third-order valence-electron chi connectivity index (χ3n) is 6.97. The first-order chi connectivity index (χ1) is 15.6. The van der Waals surface area contributed by atoms with E-state index in [-0.39, 0.29) is 35.1 Å². The molecule has 32 heavy (non-hydrogen) atoms. The van der Waals surface area contributed by atoms with Crippen LogP contribution in [0.25, 0.3) is 10.9 Å². The number of carbonyl (C=O) groups is 1. The average molecular weight is 431 g/mol. The number of pyridine rings is 2. The molecule has 2 saturated heterocycles. The topological polar surface area (TPSA) is 73.7 Å². The maximum absolute atomic E-state index is 13.4. The molecule has 2 aliphatic heterocycles. The fourth-order valence-corrected chi connectivity index (χ4v) is 5.32. The summed E-state index contributed by atoms with van der Waals surface area (Å²) in [4.78, 5) is 32.9. The Morgan fingerprint density at radius 1 is 1.25 bits per heavy atom.